The van der Waals surface area contributed by atoms with Crippen LogP contribution in [0.3, 0.4) is 0 Å². The lowest BCUT2D eigenvalue weighted by Gasteiger charge is -2.32. The number of methoxy groups -OCH3 is 1. The number of benzene rings is 1. The summed E-state index contributed by atoms with van der Waals surface area (Å²) in [4.78, 5) is 26.4. The van der Waals surface area contributed by atoms with Crippen LogP contribution in [0.5, 0.6) is 11.5 Å². The first-order valence-electron chi connectivity index (χ1n) is 9.92. The minimum absolute atomic E-state index is 0.156. The zero-order valence-corrected chi connectivity index (χ0v) is 17.3. The average Bonchev–Trinajstić information content (AvgIpc) is 2.72. The highest BCUT2D eigenvalue weighted by atomic mass is 16.5. The second-order valence-electron chi connectivity index (χ2n) is 7.00. The lowest BCUT2D eigenvalue weighted by atomic mass is 9.94. The van der Waals surface area contributed by atoms with Gasteiger partial charge in [-0.25, -0.2) is 4.79 Å². The standard InChI is InChI=1S/C22H31NO5/c1-5-27-19-13-11-17(15-20(19)26-4)12-14-21(24)28-16(2)22(25)23(3)18-9-7-6-8-10-18/h11-16,18H,5-10H2,1-4H3/b14-12+/t16-/m1/s1. The van der Waals surface area contributed by atoms with E-state index in [-0.39, 0.29) is 11.9 Å². The molecule has 0 unspecified atom stereocenters. The van der Waals surface area contributed by atoms with Crippen molar-refractivity contribution in [3.63, 3.8) is 0 Å². The number of esters is 1. The summed E-state index contributed by atoms with van der Waals surface area (Å²) in [6, 6.07) is 5.64. The molecule has 0 aromatic heterocycles. The third-order valence-corrected chi connectivity index (χ3v) is 5.01. The van der Waals surface area contributed by atoms with Crippen molar-refractivity contribution in [1.82, 2.24) is 4.90 Å². The highest BCUT2D eigenvalue weighted by Crippen LogP contribution is 2.28. The van der Waals surface area contributed by atoms with E-state index in [4.69, 9.17) is 14.2 Å². The van der Waals surface area contributed by atoms with E-state index in [0.717, 1.165) is 31.2 Å². The first-order valence-corrected chi connectivity index (χ1v) is 9.92. The van der Waals surface area contributed by atoms with Crippen molar-refractivity contribution in [2.24, 2.45) is 0 Å². The highest BCUT2D eigenvalue weighted by Gasteiger charge is 2.27. The van der Waals surface area contributed by atoms with Crippen molar-refractivity contribution >= 4 is 18.0 Å². The van der Waals surface area contributed by atoms with Gasteiger partial charge < -0.3 is 19.1 Å². The maximum Gasteiger partial charge on any atom is 0.331 e. The molecule has 1 aromatic rings. The van der Waals surface area contributed by atoms with Gasteiger partial charge in [0.25, 0.3) is 5.91 Å². The van der Waals surface area contributed by atoms with Crippen molar-refractivity contribution in [2.45, 2.75) is 58.1 Å². The van der Waals surface area contributed by atoms with E-state index in [1.165, 1.54) is 12.5 Å². The molecular formula is C22H31NO5. The number of hydrogen-bond donors (Lipinski definition) is 0. The third-order valence-electron chi connectivity index (χ3n) is 5.01. The first kappa shape index (κ1) is 21.8. The Labute approximate surface area is 167 Å². The van der Waals surface area contributed by atoms with Gasteiger partial charge in [-0.05, 0) is 50.5 Å². The summed E-state index contributed by atoms with van der Waals surface area (Å²) in [5.74, 6) is 0.534. The van der Waals surface area contributed by atoms with Crippen LogP contribution in [0.1, 0.15) is 51.5 Å². The van der Waals surface area contributed by atoms with Crippen LogP contribution in [-0.2, 0) is 14.3 Å². The highest BCUT2D eigenvalue weighted by molar-refractivity contribution is 5.90. The van der Waals surface area contributed by atoms with Crippen LogP contribution in [-0.4, -0.2) is 49.7 Å². The predicted molar refractivity (Wildman–Crippen MR) is 108 cm³/mol. The molecule has 0 N–H and O–H groups in total. The van der Waals surface area contributed by atoms with Gasteiger partial charge in [-0.1, -0.05) is 25.3 Å². The third kappa shape index (κ3) is 6.01. The maximum absolute atomic E-state index is 12.5. The van der Waals surface area contributed by atoms with Gasteiger partial charge in [0.15, 0.2) is 17.6 Å². The lowest BCUT2D eigenvalue weighted by Crippen LogP contribution is -2.44. The van der Waals surface area contributed by atoms with E-state index in [2.05, 4.69) is 0 Å². The van der Waals surface area contributed by atoms with E-state index < -0.39 is 12.1 Å². The van der Waals surface area contributed by atoms with Crippen LogP contribution in [0.25, 0.3) is 6.08 Å². The summed E-state index contributed by atoms with van der Waals surface area (Å²) in [5, 5.41) is 0. The molecule has 1 aliphatic carbocycles. The molecule has 1 atom stereocenters. The fourth-order valence-corrected chi connectivity index (χ4v) is 3.43. The number of carbonyl (C=O) groups is 2. The lowest BCUT2D eigenvalue weighted by molar-refractivity contribution is -0.156. The number of nitrogens with zero attached hydrogens (tertiary/aromatic N) is 1. The normalized spacial score (nSPS) is 15.9. The predicted octanol–water partition coefficient (Wildman–Crippen LogP) is 3.83. The van der Waals surface area contributed by atoms with Crippen LogP contribution < -0.4 is 9.47 Å². The number of rotatable bonds is 8. The average molecular weight is 389 g/mol. The number of likely N-dealkylation sites (N-methyl/N-ethyl adjacent to an activating group) is 1. The second kappa shape index (κ2) is 10.7. The van der Waals surface area contributed by atoms with Crippen molar-refractivity contribution in [1.29, 1.82) is 0 Å². The quantitative estimate of drug-likeness (QED) is 0.499. The van der Waals surface area contributed by atoms with Gasteiger partial charge >= 0.3 is 5.97 Å². The van der Waals surface area contributed by atoms with Gasteiger partial charge in [0.2, 0.25) is 0 Å². The van der Waals surface area contributed by atoms with Crippen LogP contribution in [0.2, 0.25) is 0 Å². The second-order valence-corrected chi connectivity index (χ2v) is 7.00. The summed E-state index contributed by atoms with van der Waals surface area (Å²) in [5.41, 5.74) is 0.774. The minimum Gasteiger partial charge on any atom is -0.493 e. The number of ether oxygens (including phenoxy) is 3. The Kier molecular flexibility index (Phi) is 8.36. The van der Waals surface area contributed by atoms with E-state index in [9.17, 15) is 9.59 Å². The van der Waals surface area contributed by atoms with Crippen LogP contribution >= 0.6 is 0 Å². The molecule has 0 aliphatic heterocycles. The molecule has 0 spiro atoms. The monoisotopic (exact) mass is 389 g/mol. The molecule has 6 heteroatoms. The largest absolute Gasteiger partial charge is 0.493 e. The molecule has 154 valence electrons. The molecule has 1 fully saturated rings. The van der Waals surface area contributed by atoms with Crippen LogP contribution in [0.15, 0.2) is 24.3 Å². The molecule has 1 aliphatic rings. The molecular weight excluding hydrogens is 358 g/mol. The Morgan fingerprint density at radius 2 is 1.93 bits per heavy atom. The molecule has 6 nitrogen and oxygen atoms in total. The SMILES string of the molecule is CCOc1ccc(/C=C/C(=O)O[C@H](C)C(=O)N(C)C2CCCCC2)cc1OC. The van der Waals surface area contributed by atoms with Gasteiger partial charge in [0, 0.05) is 19.2 Å². The molecule has 0 heterocycles. The van der Waals surface area contributed by atoms with Crippen molar-refractivity contribution < 1.29 is 23.8 Å². The number of carbonyl (C=O) groups excluding carboxylic acids is 2. The molecule has 1 amide bonds. The van der Waals surface area contributed by atoms with Crippen molar-refractivity contribution in [2.75, 3.05) is 20.8 Å². The minimum atomic E-state index is -0.807. The summed E-state index contributed by atoms with van der Waals surface area (Å²) in [6.45, 7) is 4.06. The first-order chi connectivity index (χ1) is 13.5. The Hall–Kier alpha value is -2.50. The van der Waals surface area contributed by atoms with Crippen LogP contribution in [0.4, 0.5) is 0 Å². The zero-order chi connectivity index (χ0) is 20.5. The maximum atomic E-state index is 12.5. The number of amides is 1. The van der Waals surface area contributed by atoms with Gasteiger partial charge in [-0.2, -0.15) is 0 Å². The van der Waals surface area contributed by atoms with Gasteiger partial charge in [-0.3, -0.25) is 4.79 Å². The Bertz CT molecular complexity index is 694. The molecule has 2 rings (SSSR count). The summed E-state index contributed by atoms with van der Waals surface area (Å²) in [6.07, 6.45) is 7.69. The Balaban J connectivity index is 1.92. The molecule has 1 saturated carbocycles. The van der Waals surface area contributed by atoms with E-state index in [0.29, 0.717) is 18.1 Å². The fourth-order valence-electron chi connectivity index (χ4n) is 3.43. The van der Waals surface area contributed by atoms with Gasteiger partial charge in [0.05, 0.1) is 13.7 Å². The molecule has 0 saturated heterocycles. The van der Waals surface area contributed by atoms with Crippen molar-refractivity contribution in [3.8, 4) is 11.5 Å². The Morgan fingerprint density at radius 1 is 1.21 bits per heavy atom. The summed E-state index contributed by atoms with van der Waals surface area (Å²) < 4.78 is 16.1. The van der Waals surface area contributed by atoms with E-state index in [1.54, 1.807) is 44.2 Å². The fraction of sp³-hybridized carbons (Fsp3) is 0.545. The smallest absolute Gasteiger partial charge is 0.331 e. The number of hydrogen-bond acceptors (Lipinski definition) is 5. The zero-order valence-electron chi connectivity index (χ0n) is 17.3. The topological polar surface area (TPSA) is 65.1 Å². The molecule has 0 bridgehead atoms. The molecule has 28 heavy (non-hydrogen) atoms. The van der Waals surface area contributed by atoms with E-state index in [1.807, 2.05) is 13.0 Å². The molecule has 0 radical (unpaired) electrons. The Morgan fingerprint density at radius 3 is 2.57 bits per heavy atom. The summed E-state index contributed by atoms with van der Waals surface area (Å²) >= 11 is 0. The summed E-state index contributed by atoms with van der Waals surface area (Å²) in [7, 11) is 3.36. The van der Waals surface area contributed by atoms with E-state index >= 15 is 0 Å². The van der Waals surface area contributed by atoms with Gasteiger partial charge in [0.1, 0.15) is 0 Å². The van der Waals surface area contributed by atoms with Crippen LogP contribution in [0, 0.1) is 0 Å². The molecule has 1 aromatic carbocycles. The van der Waals surface area contributed by atoms with Gasteiger partial charge in [-0.15, -0.1) is 0 Å². The van der Waals surface area contributed by atoms with Crippen molar-refractivity contribution in [3.05, 3.63) is 29.8 Å².